The molecule has 16 heavy (non-hydrogen) atoms. The SMILES string of the molecule is CC.Clc1ccccc1.N=C(N)NC(=N)N. The Bertz CT molecular complexity index is 287. The van der Waals surface area contributed by atoms with Crippen LogP contribution in [0, 0.1) is 10.8 Å². The van der Waals surface area contributed by atoms with E-state index in [4.69, 9.17) is 33.9 Å². The zero-order chi connectivity index (χ0) is 13.0. The lowest BCUT2D eigenvalue weighted by atomic mass is 10.4. The van der Waals surface area contributed by atoms with Gasteiger partial charge in [0.2, 0.25) is 0 Å². The van der Waals surface area contributed by atoms with Gasteiger partial charge in [0.1, 0.15) is 0 Å². The Kier molecular flexibility index (Phi) is 11.8. The van der Waals surface area contributed by atoms with Gasteiger partial charge in [0.25, 0.3) is 0 Å². The van der Waals surface area contributed by atoms with Crippen LogP contribution in [-0.2, 0) is 0 Å². The van der Waals surface area contributed by atoms with Crippen LogP contribution in [0.1, 0.15) is 13.8 Å². The molecule has 0 fully saturated rings. The average Bonchev–Trinajstić information content (AvgIpc) is 2.20. The Labute approximate surface area is 101 Å². The van der Waals surface area contributed by atoms with Crippen LogP contribution in [0.5, 0.6) is 0 Å². The van der Waals surface area contributed by atoms with E-state index in [9.17, 15) is 0 Å². The lowest BCUT2D eigenvalue weighted by Gasteiger charge is -1.95. The van der Waals surface area contributed by atoms with Crippen LogP contribution in [0.2, 0.25) is 5.02 Å². The minimum absolute atomic E-state index is 0.312. The van der Waals surface area contributed by atoms with Crippen LogP contribution in [0.3, 0.4) is 0 Å². The predicted octanol–water partition coefficient (Wildman–Crippen LogP) is 1.73. The summed E-state index contributed by atoms with van der Waals surface area (Å²) in [5.41, 5.74) is 9.49. The van der Waals surface area contributed by atoms with Crippen molar-refractivity contribution in [1.29, 1.82) is 10.8 Å². The van der Waals surface area contributed by atoms with Crippen LogP contribution in [0.15, 0.2) is 30.3 Å². The first-order valence-corrected chi connectivity index (χ1v) is 5.05. The third-order valence-corrected chi connectivity index (χ3v) is 1.25. The Hall–Kier alpha value is -1.75. The van der Waals surface area contributed by atoms with E-state index in [0.717, 1.165) is 5.02 Å². The molecule has 0 spiro atoms. The molecule has 0 aliphatic carbocycles. The van der Waals surface area contributed by atoms with Gasteiger partial charge in [-0.25, -0.2) is 0 Å². The fourth-order valence-electron chi connectivity index (χ4n) is 0.560. The van der Waals surface area contributed by atoms with E-state index < -0.39 is 0 Å². The monoisotopic (exact) mass is 243 g/mol. The number of nitrogens with one attached hydrogen (secondary N) is 3. The predicted molar refractivity (Wildman–Crippen MR) is 69.8 cm³/mol. The maximum Gasteiger partial charge on any atom is 0.192 e. The van der Waals surface area contributed by atoms with Gasteiger partial charge >= 0.3 is 0 Å². The van der Waals surface area contributed by atoms with Crippen molar-refractivity contribution in [3.63, 3.8) is 0 Å². The molecule has 0 saturated heterocycles. The Balaban J connectivity index is 0. The average molecular weight is 244 g/mol. The van der Waals surface area contributed by atoms with E-state index >= 15 is 0 Å². The highest BCUT2D eigenvalue weighted by Crippen LogP contribution is 2.03. The van der Waals surface area contributed by atoms with Gasteiger partial charge in [-0.15, -0.1) is 0 Å². The molecular weight excluding hydrogens is 226 g/mol. The van der Waals surface area contributed by atoms with E-state index in [-0.39, 0.29) is 11.9 Å². The topological polar surface area (TPSA) is 112 Å². The van der Waals surface area contributed by atoms with E-state index in [1.807, 2.05) is 49.5 Å². The molecule has 0 radical (unpaired) electrons. The summed E-state index contributed by atoms with van der Waals surface area (Å²) in [4.78, 5) is 0. The third-order valence-electron chi connectivity index (χ3n) is 1.00. The largest absolute Gasteiger partial charge is 0.370 e. The minimum Gasteiger partial charge on any atom is -0.370 e. The number of hydrogen-bond acceptors (Lipinski definition) is 2. The van der Waals surface area contributed by atoms with Gasteiger partial charge in [-0.05, 0) is 12.1 Å². The summed E-state index contributed by atoms with van der Waals surface area (Å²) in [7, 11) is 0. The van der Waals surface area contributed by atoms with Crippen molar-refractivity contribution in [3.8, 4) is 0 Å². The highest BCUT2D eigenvalue weighted by molar-refractivity contribution is 6.30. The van der Waals surface area contributed by atoms with Gasteiger partial charge in [-0.3, -0.25) is 16.1 Å². The van der Waals surface area contributed by atoms with Gasteiger partial charge in [-0.2, -0.15) is 0 Å². The summed E-state index contributed by atoms with van der Waals surface area (Å²) in [6.45, 7) is 4.00. The van der Waals surface area contributed by atoms with Crippen molar-refractivity contribution in [2.45, 2.75) is 13.8 Å². The molecule has 90 valence electrons. The highest BCUT2D eigenvalue weighted by Gasteiger charge is 1.83. The second-order valence-electron chi connectivity index (χ2n) is 2.25. The second kappa shape index (κ2) is 11.3. The fourth-order valence-corrected chi connectivity index (χ4v) is 0.705. The lowest BCUT2D eigenvalue weighted by Crippen LogP contribution is -2.39. The quantitative estimate of drug-likeness (QED) is 0.353. The molecule has 0 saturated carbocycles. The first-order valence-electron chi connectivity index (χ1n) is 4.68. The van der Waals surface area contributed by atoms with E-state index in [0.29, 0.717) is 0 Å². The van der Waals surface area contributed by atoms with Crippen LogP contribution in [0.25, 0.3) is 0 Å². The van der Waals surface area contributed by atoms with Gasteiger partial charge < -0.3 is 11.5 Å². The maximum absolute atomic E-state index is 6.47. The normalized spacial score (nSPS) is 7.44. The lowest BCUT2D eigenvalue weighted by molar-refractivity contribution is 1.19. The minimum atomic E-state index is -0.312. The molecule has 1 aromatic rings. The Morgan fingerprint density at radius 2 is 1.44 bits per heavy atom. The molecule has 0 bridgehead atoms. The zero-order valence-electron chi connectivity index (χ0n) is 9.42. The van der Waals surface area contributed by atoms with Crippen molar-refractivity contribution in [3.05, 3.63) is 35.4 Å². The molecule has 7 N–H and O–H groups in total. The first kappa shape index (κ1) is 16.7. The van der Waals surface area contributed by atoms with Gasteiger partial charge in [0.05, 0.1) is 0 Å². The molecule has 0 unspecified atom stereocenters. The number of rotatable bonds is 0. The summed E-state index contributed by atoms with van der Waals surface area (Å²) in [5, 5.41) is 15.8. The number of guanidine groups is 2. The molecule has 0 aliphatic rings. The molecule has 0 aromatic heterocycles. The number of nitrogens with two attached hydrogens (primary N) is 2. The van der Waals surface area contributed by atoms with Crippen molar-refractivity contribution < 1.29 is 0 Å². The number of hydrogen-bond donors (Lipinski definition) is 5. The highest BCUT2D eigenvalue weighted by atomic mass is 35.5. The number of benzene rings is 1. The molecule has 6 heteroatoms. The van der Waals surface area contributed by atoms with Crippen molar-refractivity contribution in [1.82, 2.24) is 5.32 Å². The second-order valence-corrected chi connectivity index (χ2v) is 2.68. The Morgan fingerprint density at radius 1 is 1.06 bits per heavy atom. The van der Waals surface area contributed by atoms with Gasteiger partial charge in [0, 0.05) is 5.02 Å². The van der Waals surface area contributed by atoms with Crippen LogP contribution >= 0.6 is 11.6 Å². The van der Waals surface area contributed by atoms with Gasteiger partial charge in [0.15, 0.2) is 11.9 Å². The summed E-state index contributed by atoms with van der Waals surface area (Å²) >= 11 is 5.54. The summed E-state index contributed by atoms with van der Waals surface area (Å²) < 4.78 is 0. The summed E-state index contributed by atoms with van der Waals surface area (Å²) in [5.74, 6) is -0.625. The van der Waals surface area contributed by atoms with Crippen LogP contribution in [0.4, 0.5) is 0 Å². The van der Waals surface area contributed by atoms with Crippen molar-refractivity contribution >= 4 is 23.5 Å². The summed E-state index contributed by atoms with van der Waals surface area (Å²) in [6, 6.07) is 9.44. The molecular formula is C10H18ClN5. The van der Waals surface area contributed by atoms with Crippen LogP contribution < -0.4 is 16.8 Å². The third kappa shape index (κ3) is 14.8. The van der Waals surface area contributed by atoms with Crippen molar-refractivity contribution in [2.75, 3.05) is 0 Å². The van der Waals surface area contributed by atoms with Gasteiger partial charge in [-0.1, -0.05) is 43.6 Å². The molecule has 1 rings (SSSR count). The molecule has 5 nitrogen and oxygen atoms in total. The zero-order valence-corrected chi connectivity index (χ0v) is 10.2. The van der Waals surface area contributed by atoms with E-state index in [1.165, 1.54) is 0 Å². The van der Waals surface area contributed by atoms with E-state index in [1.54, 1.807) is 0 Å². The summed E-state index contributed by atoms with van der Waals surface area (Å²) in [6.07, 6.45) is 0. The molecule has 0 heterocycles. The first-order chi connectivity index (χ1) is 7.52. The number of halogens is 1. The fraction of sp³-hybridized carbons (Fsp3) is 0.200. The standard InChI is InChI=1S/C6H5Cl.C2H7N5.C2H6/c7-6-4-2-1-3-5-6;3-1(4)7-2(5)6;1-2/h1-5H;(H7,3,4,5,6,7);1-2H3. The smallest absolute Gasteiger partial charge is 0.192 e. The van der Waals surface area contributed by atoms with E-state index in [2.05, 4.69) is 0 Å². The van der Waals surface area contributed by atoms with Crippen LogP contribution in [-0.4, -0.2) is 11.9 Å². The van der Waals surface area contributed by atoms with Crippen molar-refractivity contribution in [2.24, 2.45) is 11.5 Å². The maximum atomic E-state index is 6.47. The molecule has 0 aliphatic heterocycles. The molecule has 0 atom stereocenters. The molecule has 1 aromatic carbocycles. The Morgan fingerprint density at radius 3 is 1.56 bits per heavy atom. The molecule has 0 amide bonds.